The van der Waals surface area contributed by atoms with Crippen molar-refractivity contribution in [2.75, 3.05) is 38.1 Å². The first-order valence-electron chi connectivity index (χ1n) is 11.3. The third-order valence-electron chi connectivity index (χ3n) is 6.31. The van der Waals surface area contributed by atoms with Crippen molar-refractivity contribution in [1.82, 2.24) is 4.98 Å². The highest BCUT2D eigenvalue weighted by Crippen LogP contribution is 2.48. The van der Waals surface area contributed by atoms with E-state index in [1.807, 2.05) is 0 Å². The third kappa shape index (κ3) is 4.04. The minimum absolute atomic E-state index is 0.121. The second kappa shape index (κ2) is 9.56. The van der Waals surface area contributed by atoms with Crippen molar-refractivity contribution in [3.8, 4) is 11.5 Å². The predicted molar refractivity (Wildman–Crippen MR) is 135 cm³/mol. The van der Waals surface area contributed by atoms with E-state index >= 15 is 8.78 Å². The molecule has 36 heavy (non-hydrogen) atoms. The number of aromatic nitrogens is 1. The molecule has 1 fully saturated rings. The number of hydrogen-bond donors (Lipinski definition) is 1. The van der Waals surface area contributed by atoms with E-state index in [2.05, 4.69) is 15.0 Å². The molecular weight excluding hydrogens is 470 g/mol. The smallest absolute Gasteiger partial charge is 0.330 e. The number of amides is 2. The first-order chi connectivity index (χ1) is 17.2. The van der Waals surface area contributed by atoms with Crippen molar-refractivity contribution in [1.29, 1.82) is 0 Å². The summed E-state index contributed by atoms with van der Waals surface area (Å²) in [7, 11) is 5.75. The molecule has 2 aromatic rings. The summed E-state index contributed by atoms with van der Waals surface area (Å²) in [6.45, 7) is 1.61. The van der Waals surface area contributed by atoms with Gasteiger partial charge in [-0.05, 0) is 25.8 Å². The number of benzene rings is 1. The van der Waals surface area contributed by atoms with Crippen LogP contribution < -0.4 is 25.0 Å². The number of methoxy groups -OCH3 is 2. The van der Waals surface area contributed by atoms with Crippen molar-refractivity contribution in [2.24, 2.45) is 15.7 Å². The van der Waals surface area contributed by atoms with Gasteiger partial charge in [0.05, 0.1) is 37.7 Å². The summed E-state index contributed by atoms with van der Waals surface area (Å²) in [5, 5.41) is 0. The van der Waals surface area contributed by atoms with E-state index in [1.165, 1.54) is 19.1 Å². The molecule has 9 nitrogen and oxygen atoms in total. The number of anilines is 2. The topological polar surface area (TPSA) is 106 Å². The van der Waals surface area contributed by atoms with Gasteiger partial charge in [-0.25, -0.2) is 13.6 Å². The van der Waals surface area contributed by atoms with Gasteiger partial charge in [0.25, 0.3) is 0 Å². The molecule has 1 aliphatic heterocycles. The maximum Gasteiger partial charge on any atom is 0.330 e. The molecule has 0 unspecified atom stereocenters. The zero-order valence-corrected chi connectivity index (χ0v) is 20.8. The Morgan fingerprint density at radius 2 is 1.78 bits per heavy atom. The summed E-state index contributed by atoms with van der Waals surface area (Å²) in [6.07, 6.45) is 6.15. The highest BCUT2D eigenvalue weighted by molar-refractivity contribution is 6.13. The molecular formula is C25H28F2N6O3. The molecule has 0 saturated heterocycles. The largest absolute Gasteiger partial charge is 0.493 e. The maximum atomic E-state index is 15.4. The number of pyridine rings is 1. The van der Waals surface area contributed by atoms with Crippen LogP contribution in [0.3, 0.4) is 0 Å². The SMILES string of the molecule is CN=CC(=C(C)N)c1cc2c(cn1)CN(c1c(F)c(OC)cc(OC)c1F)C(=O)N2C1(C=NC)CC1. The number of hydrogen-bond acceptors (Lipinski definition) is 7. The molecule has 1 aliphatic carbocycles. The summed E-state index contributed by atoms with van der Waals surface area (Å²) >= 11 is 0. The van der Waals surface area contributed by atoms with Gasteiger partial charge < -0.3 is 15.2 Å². The van der Waals surface area contributed by atoms with E-state index in [1.54, 1.807) is 45.7 Å². The number of carbonyl (C=O) groups is 1. The molecule has 4 rings (SSSR count). The second-order valence-corrected chi connectivity index (χ2v) is 8.63. The molecule has 1 aromatic carbocycles. The highest BCUT2D eigenvalue weighted by atomic mass is 19.1. The van der Waals surface area contributed by atoms with Crippen molar-refractivity contribution >= 4 is 35.4 Å². The van der Waals surface area contributed by atoms with Gasteiger partial charge in [-0.15, -0.1) is 0 Å². The van der Waals surface area contributed by atoms with Crippen LogP contribution in [0, 0.1) is 11.6 Å². The number of nitrogens with zero attached hydrogens (tertiary/aromatic N) is 5. The maximum absolute atomic E-state index is 15.4. The summed E-state index contributed by atoms with van der Waals surface area (Å²) < 4.78 is 41.0. The van der Waals surface area contributed by atoms with Gasteiger partial charge in [-0.1, -0.05) is 0 Å². The lowest BCUT2D eigenvalue weighted by Crippen LogP contribution is -2.54. The van der Waals surface area contributed by atoms with E-state index in [4.69, 9.17) is 15.2 Å². The molecule has 0 atom stereocenters. The van der Waals surface area contributed by atoms with E-state index in [-0.39, 0.29) is 18.0 Å². The molecule has 0 bridgehead atoms. The van der Waals surface area contributed by atoms with Gasteiger partial charge in [0.2, 0.25) is 0 Å². The highest BCUT2D eigenvalue weighted by Gasteiger charge is 2.53. The molecule has 0 spiro atoms. The number of halogens is 2. The number of rotatable bonds is 7. The van der Waals surface area contributed by atoms with Crippen LogP contribution in [0.5, 0.6) is 11.5 Å². The zero-order chi connectivity index (χ0) is 26.2. The molecule has 2 N–H and O–H groups in total. The number of aliphatic imine (C=N–C) groups is 2. The monoisotopic (exact) mass is 498 g/mol. The second-order valence-electron chi connectivity index (χ2n) is 8.63. The molecule has 0 radical (unpaired) electrons. The fourth-order valence-corrected chi connectivity index (χ4v) is 4.40. The van der Waals surface area contributed by atoms with E-state index in [0.29, 0.717) is 41.1 Å². The van der Waals surface area contributed by atoms with Crippen LogP contribution in [0.2, 0.25) is 0 Å². The van der Waals surface area contributed by atoms with E-state index in [9.17, 15) is 4.79 Å². The molecule has 11 heteroatoms. The van der Waals surface area contributed by atoms with E-state index in [0.717, 1.165) is 11.0 Å². The summed E-state index contributed by atoms with van der Waals surface area (Å²) in [6, 6.07) is 2.25. The van der Waals surface area contributed by atoms with Crippen molar-refractivity contribution in [3.63, 3.8) is 0 Å². The van der Waals surface area contributed by atoms with Gasteiger partial charge in [0, 0.05) is 55.6 Å². The standard InChI is InChI=1S/C25H28F2N6O3/c1-14(28)16(11-29-2)17-8-18-15(10-31-17)12-32(24(34)33(18)25(6-7-25)13-30-3)23-21(26)19(35-4)9-20(36-5)22(23)27/h8-11,13H,6-7,12,28H2,1-5H3. The lowest BCUT2D eigenvalue weighted by atomic mass is 10.0. The van der Waals surface area contributed by atoms with Gasteiger partial charge in [0.1, 0.15) is 5.69 Å². The Morgan fingerprint density at radius 1 is 1.14 bits per heavy atom. The zero-order valence-electron chi connectivity index (χ0n) is 20.8. The summed E-state index contributed by atoms with van der Waals surface area (Å²) in [5.41, 5.74) is 7.57. The molecule has 190 valence electrons. The lowest BCUT2D eigenvalue weighted by Gasteiger charge is -2.40. The Balaban J connectivity index is 1.94. The lowest BCUT2D eigenvalue weighted by molar-refractivity contribution is 0.248. The van der Waals surface area contributed by atoms with Crippen LogP contribution >= 0.6 is 0 Å². The van der Waals surface area contributed by atoms with Crippen molar-refractivity contribution in [3.05, 3.63) is 46.9 Å². The normalized spacial score (nSPS) is 17.5. The Morgan fingerprint density at radius 3 is 2.28 bits per heavy atom. The number of nitrogens with two attached hydrogens (primary N) is 1. The van der Waals surface area contributed by atoms with Gasteiger partial charge in [-0.2, -0.15) is 0 Å². The van der Waals surface area contributed by atoms with Crippen LogP contribution in [0.1, 0.15) is 31.0 Å². The van der Waals surface area contributed by atoms with Gasteiger partial charge in [-0.3, -0.25) is 24.8 Å². The average molecular weight is 499 g/mol. The number of allylic oxidation sites excluding steroid dienone is 2. The fourth-order valence-electron chi connectivity index (χ4n) is 4.40. The van der Waals surface area contributed by atoms with Crippen molar-refractivity contribution < 1.29 is 23.0 Å². The summed E-state index contributed by atoms with van der Waals surface area (Å²) in [4.78, 5) is 29.3. The Kier molecular flexibility index (Phi) is 6.66. The molecule has 2 aliphatic rings. The summed E-state index contributed by atoms with van der Waals surface area (Å²) in [5.74, 6) is -2.50. The predicted octanol–water partition coefficient (Wildman–Crippen LogP) is 3.95. The Labute approximate surface area is 207 Å². The van der Waals surface area contributed by atoms with Crippen LogP contribution in [0.25, 0.3) is 5.57 Å². The van der Waals surface area contributed by atoms with Crippen LogP contribution in [-0.4, -0.2) is 57.3 Å². The van der Waals surface area contributed by atoms with Gasteiger partial charge >= 0.3 is 6.03 Å². The van der Waals surface area contributed by atoms with Crippen molar-refractivity contribution in [2.45, 2.75) is 31.8 Å². The Hall–Kier alpha value is -4.02. The third-order valence-corrected chi connectivity index (χ3v) is 6.31. The Bertz CT molecular complexity index is 1270. The number of ether oxygens (including phenoxy) is 2. The molecule has 1 aromatic heterocycles. The molecule has 2 heterocycles. The number of carbonyl (C=O) groups excluding carboxylic acids is 1. The first kappa shape index (κ1) is 25.1. The van der Waals surface area contributed by atoms with E-state index < -0.39 is 28.9 Å². The number of fused-ring (bicyclic) bond motifs is 1. The fraction of sp³-hybridized carbons (Fsp3) is 0.360. The van der Waals surface area contributed by atoms with Crippen LogP contribution in [0.4, 0.5) is 25.0 Å². The molecule has 2 amide bonds. The molecule has 1 saturated carbocycles. The quantitative estimate of drug-likeness (QED) is 0.582. The van der Waals surface area contributed by atoms with Gasteiger partial charge in [0.15, 0.2) is 23.1 Å². The van der Waals surface area contributed by atoms with Crippen LogP contribution in [-0.2, 0) is 6.54 Å². The number of urea groups is 1. The first-order valence-corrected chi connectivity index (χ1v) is 11.3. The minimum Gasteiger partial charge on any atom is -0.493 e. The average Bonchev–Trinajstić information content (AvgIpc) is 3.63. The van der Waals surface area contributed by atoms with Crippen LogP contribution in [0.15, 0.2) is 34.0 Å². The minimum atomic E-state index is -1.01.